The average Bonchev–Trinajstić information content (AvgIpc) is 2.47. The summed E-state index contributed by atoms with van der Waals surface area (Å²) in [5.74, 6) is -0.0663. The van der Waals surface area contributed by atoms with Gasteiger partial charge in [0.25, 0.3) is 0 Å². The van der Waals surface area contributed by atoms with Gasteiger partial charge >= 0.3 is 0 Å². The molecule has 0 aliphatic rings. The van der Waals surface area contributed by atoms with Crippen LogP contribution in [0.2, 0.25) is 0 Å². The summed E-state index contributed by atoms with van der Waals surface area (Å²) < 4.78 is 26.2. The first-order valence-corrected chi connectivity index (χ1v) is 8.25. The van der Waals surface area contributed by atoms with Gasteiger partial charge < -0.3 is 5.11 Å². The highest BCUT2D eigenvalue weighted by Gasteiger charge is 2.19. The first kappa shape index (κ1) is 15.5. The van der Waals surface area contributed by atoms with Crippen molar-refractivity contribution in [1.29, 1.82) is 0 Å². The standard InChI is InChI=1S/C16H19NO3S/c1-13-4-3-5-16(10-13)17(2)21(19,20)12-15-8-6-14(11-18)7-9-15/h3-10,18H,11-12H2,1-2H3. The molecule has 2 rings (SSSR count). The maximum absolute atomic E-state index is 12.4. The number of hydrogen-bond donors (Lipinski definition) is 1. The van der Waals surface area contributed by atoms with Crippen molar-refractivity contribution >= 4 is 15.7 Å². The molecule has 0 saturated heterocycles. The predicted molar refractivity (Wildman–Crippen MR) is 84.6 cm³/mol. The molecule has 0 aromatic heterocycles. The summed E-state index contributed by atoms with van der Waals surface area (Å²) in [6.45, 7) is 1.88. The zero-order valence-electron chi connectivity index (χ0n) is 12.2. The van der Waals surface area contributed by atoms with Crippen molar-refractivity contribution in [2.24, 2.45) is 0 Å². The summed E-state index contributed by atoms with van der Waals surface area (Å²) in [6.07, 6.45) is 0. The third-order valence-corrected chi connectivity index (χ3v) is 5.08. The van der Waals surface area contributed by atoms with Gasteiger partial charge in [-0.3, -0.25) is 4.31 Å². The molecule has 0 radical (unpaired) electrons. The fourth-order valence-corrected chi connectivity index (χ4v) is 3.27. The van der Waals surface area contributed by atoms with Crippen LogP contribution in [-0.4, -0.2) is 20.6 Å². The van der Waals surface area contributed by atoms with Crippen LogP contribution in [-0.2, 0) is 22.4 Å². The van der Waals surface area contributed by atoms with Crippen molar-refractivity contribution in [3.63, 3.8) is 0 Å². The Balaban J connectivity index is 2.20. The first-order valence-electron chi connectivity index (χ1n) is 6.64. The maximum atomic E-state index is 12.4. The number of sulfonamides is 1. The van der Waals surface area contributed by atoms with Crippen LogP contribution >= 0.6 is 0 Å². The van der Waals surface area contributed by atoms with E-state index in [1.807, 2.05) is 25.1 Å². The zero-order chi connectivity index (χ0) is 15.5. The molecule has 0 spiro atoms. The maximum Gasteiger partial charge on any atom is 0.239 e. The lowest BCUT2D eigenvalue weighted by atomic mass is 10.2. The quantitative estimate of drug-likeness (QED) is 0.923. The van der Waals surface area contributed by atoms with E-state index in [-0.39, 0.29) is 12.4 Å². The molecule has 21 heavy (non-hydrogen) atoms. The van der Waals surface area contributed by atoms with Crippen molar-refractivity contribution in [1.82, 2.24) is 0 Å². The van der Waals surface area contributed by atoms with E-state index in [4.69, 9.17) is 5.11 Å². The third kappa shape index (κ3) is 3.83. The van der Waals surface area contributed by atoms with E-state index in [2.05, 4.69) is 0 Å². The fourth-order valence-electron chi connectivity index (χ4n) is 2.03. The molecule has 5 heteroatoms. The summed E-state index contributed by atoms with van der Waals surface area (Å²) in [7, 11) is -1.87. The van der Waals surface area contributed by atoms with Crippen LogP contribution in [0.5, 0.6) is 0 Å². The van der Waals surface area contributed by atoms with Gasteiger partial charge in [0.1, 0.15) is 0 Å². The second-order valence-corrected chi connectivity index (χ2v) is 7.04. The molecule has 0 aliphatic carbocycles. The second kappa shape index (κ2) is 6.28. The SMILES string of the molecule is Cc1cccc(N(C)S(=O)(=O)Cc2ccc(CO)cc2)c1. The van der Waals surface area contributed by atoms with E-state index >= 15 is 0 Å². The molecule has 1 N–H and O–H groups in total. The van der Waals surface area contributed by atoms with Crippen molar-refractivity contribution < 1.29 is 13.5 Å². The second-order valence-electron chi connectivity index (χ2n) is 5.04. The van der Waals surface area contributed by atoms with Crippen molar-refractivity contribution in [2.75, 3.05) is 11.4 Å². The lowest BCUT2D eigenvalue weighted by Gasteiger charge is -2.20. The summed E-state index contributed by atoms with van der Waals surface area (Å²) in [4.78, 5) is 0. The Hall–Kier alpha value is -1.85. The smallest absolute Gasteiger partial charge is 0.239 e. The molecule has 112 valence electrons. The van der Waals surface area contributed by atoms with E-state index in [9.17, 15) is 8.42 Å². The molecule has 0 heterocycles. The van der Waals surface area contributed by atoms with E-state index in [0.717, 1.165) is 11.1 Å². The van der Waals surface area contributed by atoms with Gasteiger partial charge in [0.2, 0.25) is 10.0 Å². The third-order valence-electron chi connectivity index (χ3n) is 3.34. The summed E-state index contributed by atoms with van der Waals surface area (Å²) in [6, 6.07) is 14.3. The van der Waals surface area contributed by atoms with Gasteiger partial charge in [0.05, 0.1) is 18.0 Å². The average molecular weight is 305 g/mol. The monoisotopic (exact) mass is 305 g/mol. The van der Waals surface area contributed by atoms with E-state index in [1.165, 1.54) is 4.31 Å². The van der Waals surface area contributed by atoms with Gasteiger partial charge in [-0.25, -0.2) is 8.42 Å². The van der Waals surface area contributed by atoms with Crippen LogP contribution in [0.4, 0.5) is 5.69 Å². The van der Waals surface area contributed by atoms with E-state index in [1.54, 1.807) is 37.4 Å². The Bertz CT molecular complexity index is 709. The Kier molecular flexibility index (Phi) is 4.65. The molecule has 2 aromatic rings. The molecule has 0 saturated carbocycles. The van der Waals surface area contributed by atoms with Crippen molar-refractivity contribution in [3.8, 4) is 0 Å². The molecule has 0 atom stereocenters. The summed E-state index contributed by atoms with van der Waals surface area (Å²) in [5, 5.41) is 9.00. The molecule has 0 aliphatic heterocycles. The molecule has 2 aromatic carbocycles. The normalized spacial score (nSPS) is 11.4. The molecule has 0 bridgehead atoms. The van der Waals surface area contributed by atoms with E-state index < -0.39 is 10.0 Å². The number of aliphatic hydroxyl groups is 1. The molecule has 0 fully saturated rings. The molecule has 4 nitrogen and oxygen atoms in total. The highest BCUT2D eigenvalue weighted by molar-refractivity contribution is 7.92. The van der Waals surface area contributed by atoms with Crippen molar-refractivity contribution in [3.05, 3.63) is 65.2 Å². The summed E-state index contributed by atoms with van der Waals surface area (Å²) in [5.41, 5.74) is 3.14. The van der Waals surface area contributed by atoms with Gasteiger partial charge in [0, 0.05) is 7.05 Å². The highest BCUT2D eigenvalue weighted by atomic mass is 32.2. The highest BCUT2D eigenvalue weighted by Crippen LogP contribution is 2.20. The first-order chi connectivity index (χ1) is 9.92. The van der Waals surface area contributed by atoms with Crippen LogP contribution in [0, 0.1) is 6.92 Å². The number of benzene rings is 2. The van der Waals surface area contributed by atoms with Gasteiger partial charge in [-0.15, -0.1) is 0 Å². The predicted octanol–water partition coefficient (Wildman–Crippen LogP) is 2.45. The largest absolute Gasteiger partial charge is 0.392 e. The van der Waals surface area contributed by atoms with E-state index in [0.29, 0.717) is 11.3 Å². The lowest BCUT2D eigenvalue weighted by molar-refractivity contribution is 0.282. The fraction of sp³-hybridized carbons (Fsp3) is 0.250. The summed E-state index contributed by atoms with van der Waals surface area (Å²) >= 11 is 0. The molecule has 0 amide bonds. The molecular formula is C16H19NO3S. The molecular weight excluding hydrogens is 286 g/mol. The topological polar surface area (TPSA) is 57.6 Å². The van der Waals surface area contributed by atoms with Crippen LogP contribution in [0.15, 0.2) is 48.5 Å². The minimum atomic E-state index is -3.43. The number of rotatable bonds is 5. The Morgan fingerprint density at radius 2 is 1.67 bits per heavy atom. The van der Waals surface area contributed by atoms with Crippen LogP contribution in [0.1, 0.15) is 16.7 Å². The molecule has 0 unspecified atom stereocenters. The van der Waals surface area contributed by atoms with Gasteiger partial charge in [-0.2, -0.15) is 0 Å². The van der Waals surface area contributed by atoms with Crippen LogP contribution < -0.4 is 4.31 Å². The number of aliphatic hydroxyl groups excluding tert-OH is 1. The van der Waals surface area contributed by atoms with Gasteiger partial charge in [-0.1, -0.05) is 36.4 Å². The van der Waals surface area contributed by atoms with Crippen molar-refractivity contribution in [2.45, 2.75) is 19.3 Å². The number of aryl methyl sites for hydroxylation is 1. The lowest BCUT2D eigenvalue weighted by Crippen LogP contribution is -2.27. The van der Waals surface area contributed by atoms with Crippen LogP contribution in [0.3, 0.4) is 0 Å². The minimum Gasteiger partial charge on any atom is -0.392 e. The Morgan fingerprint density at radius 3 is 2.24 bits per heavy atom. The minimum absolute atomic E-state index is 0.0454. The van der Waals surface area contributed by atoms with Gasteiger partial charge in [-0.05, 0) is 35.7 Å². The zero-order valence-corrected chi connectivity index (χ0v) is 13.0. The number of nitrogens with zero attached hydrogens (tertiary/aromatic N) is 1. The number of anilines is 1. The Labute approximate surface area is 125 Å². The number of hydrogen-bond acceptors (Lipinski definition) is 3. The van der Waals surface area contributed by atoms with Gasteiger partial charge in [0.15, 0.2) is 0 Å². The Morgan fingerprint density at radius 1 is 1.05 bits per heavy atom. The van der Waals surface area contributed by atoms with Crippen LogP contribution in [0.25, 0.3) is 0 Å².